The number of benzene rings is 3. The van der Waals surface area contributed by atoms with E-state index in [0.717, 1.165) is 0 Å². The molecule has 3 aromatic rings. The van der Waals surface area contributed by atoms with Gasteiger partial charge in [0.2, 0.25) is 0 Å². The van der Waals surface area contributed by atoms with Crippen LogP contribution < -0.4 is 19.7 Å². The Kier molecular flexibility index (Phi) is 11.3. The third kappa shape index (κ3) is 9.27. The van der Waals surface area contributed by atoms with Crippen molar-refractivity contribution in [2.75, 3.05) is 0 Å². The average molecular weight is 735 g/mol. The summed E-state index contributed by atoms with van der Waals surface area (Å²) in [5.74, 6) is 0.342. The molecule has 0 aliphatic rings. The van der Waals surface area contributed by atoms with Gasteiger partial charge >= 0.3 is 304 Å². The Morgan fingerprint density at radius 3 is 0.780 bits per heavy atom. The van der Waals surface area contributed by atoms with Crippen molar-refractivity contribution in [1.82, 2.24) is 0 Å². The van der Waals surface area contributed by atoms with Gasteiger partial charge in [0.05, 0.1) is 0 Å². The molecule has 8 heteroatoms. The molecule has 50 heavy (non-hydrogen) atoms. The third-order valence-corrected chi connectivity index (χ3v) is 12.5. The SMILES string of the molecule is CC(C)(C)c1cc(O[PH](O)(F)c2c(C(C)(C)C)cccc2C(C)(C)C)c(C(C)(C)C)cc1O[PH](O)(F)c1c(C(C)(C)C)cccc1C(C)(C)C. The molecule has 282 valence electrons. The van der Waals surface area contributed by atoms with Crippen LogP contribution in [0.1, 0.15) is 158 Å². The molecule has 2 N–H and O–H groups in total. The molecule has 0 amide bonds. The summed E-state index contributed by atoms with van der Waals surface area (Å²) < 4.78 is 47.2. The Morgan fingerprint density at radius 1 is 0.400 bits per heavy atom. The fourth-order valence-corrected chi connectivity index (χ4v) is 10.9. The van der Waals surface area contributed by atoms with Crippen molar-refractivity contribution in [2.24, 2.45) is 0 Å². The maximum absolute atomic E-state index is 17.3. The molecule has 0 aliphatic heterocycles. The Balaban J connectivity index is 2.38. The molecule has 3 rings (SSSR count). The van der Waals surface area contributed by atoms with Crippen LogP contribution in [0, 0.1) is 0 Å². The zero-order chi connectivity index (χ0) is 38.8. The Hall–Kier alpha value is -2.10. The van der Waals surface area contributed by atoms with Gasteiger partial charge in [0.25, 0.3) is 0 Å². The Bertz CT molecular complexity index is 1510. The van der Waals surface area contributed by atoms with Crippen molar-refractivity contribution in [3.05, 3.63) is 81.9 Å². The van der Waals surface area contributed by atoms with Crippen molar-refractivity contribution in [1.29, 1.82) is 0 Å². The van der Waals surface area contributed by atoms with E-state index in [2.05, 4.69) is 0 Å². The van der Waals surface area contributed by atoms with Crippen LogP contribution >= 0.6 is 16.1 Å². The molecule has 4 nitrogen and oxygen atoms in total. The molecule has 0 heterocycles. The topological polar surface area (TPSA) is 58.9 Å². The van der Waals surface area contributed by atoms with E-state index in [1.165, 1.54) is 0 Å². The van der Waals surface area contributed by atoms with Gasteiger partial charge in [0.1, 0.15) is 0 Å². The molecular formula is C42H66F2O4P2. The van der Waals surface area contributed by atoms with E-state index in [0.29, 0.717) is 33.4 Å². The predicted molar refractivity (Wildman–Crippen MR) is 215 cm³/mol. The van der Waals surface area contributed by atoms with E-state index in [4.69, 9.17) is 9.05 Å². The second-order valence-electron chi connectivity index (χ2n) is 20.1. The van der Waals surface area contributed by atoms with Gasteiger partial charge in [-0.1, -0.05) is 0 Å². The number of hydrogen-bond donors (Lipinski definition) is 2. The molecule has 0 spiro atoms. The van der Waals surface area contributed by atoms with Crippen molar-refractivity contribution in [2.45, 2.75) is 157 Å². The van der Waals surface area contributed by atoms with Crippen molar-refractivity contribution >= 4 is 26.7 Å². The van der Waals surface area contributed by atoms with E-state index < -0.39 is 48.5 Å². The van der Waals surface area contributed by atoms with Gasteiger partial charge in [-0.2, -0.15) is 0 Å². The Morgan fingerprint density at radius 2 is 0.600 bits per heavy atom. The first-order valence-corrected chi connectivity index (χ1v) is 21.3. The quantitative estimate of drug-likeness (QED) is 0.248. The summed E-state index contributed by atoms with van der Waals surface area (Å²) in [5.41, 5.74) is 0.649. The van der Waals surface area contributed by atoms with Crippen LogP contribution in [-0.2, 0) is 32.5 Å². The van der Waals surface area contributed by atoms with E-state index in [1.54, 1.807) is 12.1 Å². The summed E-state index contributed by atoms with van der Waals surface area (Å²) in [6.07, 6.45) is 0. The van der Waals surface area contributed by atoms with Gasteiger partial charge < -0.3 is 0 Å². The summed E-state index contributed by atoms with van der Waals surface area (Å²) in [5, 5.41) is 0.438. The minimum absolute atomic E-state index is 0.171. The second-order valence-corrected chi connectivity index (χ2v) is 23.8. The first-order valence-electron chi connectivity index (χ1n) is 17.8. The van der Waals surface area contributed by atoms with E-state index in [-0.39, 0.29) is 22.1 Å². The number of halogens is 2. The number of hydrogen-bond acceptors (Lipinski definition) is 4. The number of rotatable bonds is 6. The fraction of sp³-hybridized carbons (Fsp3) is 0.571. The minimum atomic E-state index is -5.15. The summed E-state index contributed by atoms with van der Waals surface area (Å²) >= 11 is 0. The molecule has 0 saturated carbocycles. The maximum atomic E-state index is 17.3. The van der Waals surface area contributed by atoms with Gasteiger partial charge in [-0.3, -0.25) is 0 Å². The molecule has 0 saturated heterocycles. The van der Waals surface area contributed by atoms with Crippen molar-refractivity contribution < 1.29 is 27.2 Å². The molecule has 3 aromatic carbocycles. The molecule has 0 aliphatic carbocycles. The monoisotopic (exact) mass is 734 g/mol. The van der Waals surface area contributed by atoms with Crippen molar-refractivity contribution in [3.8, 4) is 11.5 Å². The van der Waals surface area contributed by atoms with Crippen LogP contribution in [-0.4, -0.2) is 9.79 Å². The summed E-state index contributed by atoms with van der Waals surface area (Å²) in [4.78, 5) is 23.9. The van der Waals surface area contributed by atoms with Gasteiger partial charge in [-0.05, 0) is 0 Å². The first-order chi connectivity index (χ1) is 22.1. The normalized spacial score (nSPS) is 14.8. The van der Waals surface area contributed by atoms with Gasteiger partial charge in [-0.15, -0.1) is 0 Å². The van der Waals surface area contributed by atoms with Gasteiger partial charge in [0, 0.05) is 0 Å². The molecular weight excluding hydrogens is 668 g/mol. The van der Waals surface area contributed by atoms with Crippen LogP contribution in [0.4, 0.5) is 8.39 Å². The molecule has 0 unspecified atom stereocenters. The van der Waals surface area contributed by atoms with Crippen LogP contribution in [0.15, 0.2) is 48.5 Å². The molecule has 0 radical (unpaired) electrons. The molecule has 0 aromatic heterocycles. The summed E-state index contributed by atoms with van der Waals surface area (Å²) in [6, 6.07) is 14.6. The first kappa shape index (κ1) is 42.3. The molecule has 0 bridgehead atoms. The van der Waals surface area contributed by atoms with E-state index >= 15 is 8.39 Å². The van der Waals surface area contributed by atoms with Crippen LogP contribution in [0.25, 0.3) is 0 Å². The molecule has 0 atom stereocenters. The van der Waals surface area contributed by atoms with E-state index in [1.807, 2.05) is 161 Å². The summed E-state index contributed by atoms with van der Waals surface area (Å²) in [7, 11) is -10.3. The zero-order valence-electron chi connectivity index (χ0n) is 34.1. The average Bonchev–Trinajstić information content (AvgIpc) is 2.89. The van der Waals surface area contributed by atoms with Crippen molar-refractivity contribution in [3.63, 3.8) is 0 Å². The molecule has 0 fully saturated rings. The zero-order valence-corrected chi connectivity index (χ0v) is 36.1. The second kappa shape index (κ2) is 13.4. The standard InChI is InChI=1S/C42H66F2O4P2/c1-37(2,3)27-21-19-22-28(38(4,5)6)35(27)49(43,45)47-33-25-32(42(16,17)18)34(26-31(33)41(13,14)15)48-50(44,46)36-29(39(7,8)9)23-20-24-30(36)40(10,11)12/h19-26,45-46,49-50H,1-18H3. The van der Waals surface area contributed by atoms with Crippen LogP contribution in [0.5, 0.6) is 11.5 Å². The van der Waals surface area contributed by atoms with Gasteiger partial charge in [-0.25, -0.2) is 0 Å². The predicted octanol–water partition coefficient (Wildman–Crippen LogP) is 11.8. The van der Waals surface area contributed by atoms with Crippen LogP contribution in [0.3, 0.4) is 0 Å². The van der Waals surface area contributed by atoms with Crippen LogP contribution in [0.2, 0.25) is 0 Å². The van der Waals surface area contributed by atoms with Gasteiger partial charge in [0.15, 0.2) is 0 Å². The Labute approximate surface area is 303 Å². The fourth-order valence-electron chi connectivity index (χ4n) is 6.56. The summed E-state index contributed by atoms with van der Waals surface area (Å²) in [6.45, 7) is 35.7. The third-order valence-electron chi connectivity index (χ3n) is 9.17. The van der Waals surface area contributed by atoms with E-state index in [9.17, 15) is 9.79 Å².